The molecule has 1 unspecified atom stereocenters. The molecule has 17 heavy (non-hydrogen) atoms. The topological polar surface area (TPSA) is 43.6 Å². The number of hydrogen-bond acceptors (Lipinski definition) is 3. The second-order valence-corrected chi connectivity index (χ2v) is 4.73. The van der Waals surface area contributed by atoms with Crippen molar-refractivity contribution in [1.82, 2.24) is 20.0 Å². The van der Waals surface area contributed by atoms with Gasteiger partial charge in [0.1, 0.15) is 5.69 Å². The van der Waals surface area contributed by atoms with Crippen LogP contribution >= 0.6 is 0 Å². The van der Waals surface area contributed by atoms with Crippen molar-refractivity contribution in [3.8, 4) is 11.4 Å². The van der Waals surface area contributed by atoms with E-state index in [0.29, 0.717) is 11.8 Å². The Morgan fingerprint density at radius 1 is 1.06 bits per heavy atom. The van der Waals surface area contributed by atoms with Crippen LogP contribution in [0.15, 0.2) is 24.5 Å². The van der Waals surface area contributed by atoms with Crippen molar-refractivity contribution in [2.45, 2.75) is 26.7 Å². The first kappa shape index (κ1) is 11.8. The number of hydrogen-bond donors (Lipinski definition) is 0. The molecule has 2 heterocycles. The van der Waals surface area contributed by atoms with Gasteiger partial charge >= 0.3 is 0 Å². The lowest BCUT2D eigenvalue weighted by molar-refractivity contribution is 0.534. The number of pyridine rings is 1. The van der Waals surface area contributed by atoms with Crippen LogP contribution in [-0.4, -0.2) is 20.0 Å². The van der Waals surface area contributed by atoms with E-state index in [1.165, 1.54) is 5.56 Å². The van der Waals surface area contributed by atoms with Crippen molar-refractivity contribution in [2.75, 3.05) is 0 Å². The second-order valence-electron chi connectivity index (χ2n) is 4.73. The average molecular weight is 230 g/mol. The Labute approximate surface area is 102 Å². The van der Waals surface area contributed by atoms with E-state index in [9.17, 15) is 0 Å². The molecule has 4 nitrogen and oxygen atoms in total. The van der Waals surface area contributed by atoms with Crippen LogP contribution in [0.1, 0.15) is 32.3 Å². The summed E-state index contributed by atoms with van der Waals surface area (Å²) in [5, 5.41) is 8.28. The molecule has 0 fully saturated rings. The third-order valence-corrected chi connectivity index (χ3v) is 3.17. The number of rotatable bonds is 3. The van der Waals surface area contributed by atoms with Crippen molar-refractivity contribution in [1.29, 1.82) is 0 Å². The van der Waals surface area contributed by atoms with E-state index in [4.69, 9.17) is 0 Å². The Morgan fingerprint density at radius 3 is 2.29 bits per heavy atom. The van der Waals surface area contributed by atoms with Gasteiger partial charge in [0.15, 0.2) is 0 Å². The van der Waals surface area contributed by atoms with Crippen molar-refractivity contribution < 1.29 is 0 Å². The maximum absolute atomic E-state index is 4.45. The third kappa shape index (κ3) is 2.52. The molecule has 2 aromatic heterocycles. The van der Waals surface area contributed by atoms with E-state index in [2.05, 4.69) is 42.0 Å². The molecule has 0 aliphatic carbocycles. The van der Waals surface area contributed by atoms with Crippen LogP contribution in [-0.2, 0) is 7.05 Å². The highest BCUT2D eigenvalue weighted by Crippen LogP contribution is 2.24. The molecule has 1 atom stereocenters. The minimum Gasteiger partial charge on any atom is -0.254 e. The minimum absolute atomic E-state index is 0.526. The fraction of sp³-hybridized carbons (Fsp3) is 0.462. The molecule has 0 N–H and O–H groups in total. The maximum Gasteiger partial charge on any atom is 0.131 e. The van der Waals surface area contributed by atoms with Crippen LogP contribution in [0.25, 0.3) is 11.4 Å². The zero-order valence-electron chi connectivity index (χ0n) is 10.8. The minimum atomic E-state index is 0.526. The summed E-state index contributed by atoms with van der Waals surface area (Å²) in [5.41, 5.74) is 2.96. The molecule has 0 radical (unpaired) electrons. The molecule has 2 rings (SSSR count). The first-order valence-corrected chi connectivity index (χ1v) is 5.90. The van der Waals surface area contributed by atoms with E-state index < -0.39 is 0 Å². The summed E-state index contributed by atoms with van der Waals surface area (Å²) in [4.78, 5) is 5.99. The maximum atomic E-state index is 4.45. The van der Waals surface area contributed by atoms with Gasteiger partial charge in [-0.1, -0.05) is 26.8 Å². The Morgan fingerprint density at radius 2 is 1.82 bits per heavy atom. The predicted molar refractivity (Wildman–Crippen MR) is 67.5 cm³/mol. The molecule has 0 aromatic carbocycles. The van der Waals surface area contributed by atoms with Gasteiger partial charge in [0, 0.05) is 13.2 Å². The normalized spacial score (nSPS) is 13.0. The van der Waals surface area contributed by atoms with Crippen LogP contribution in [0.4, 0.5) is 0 Å². The Balaban J connectivity index is 2.24. The second kappa shape index (κ2) is 4.65. The molecule has 0 bridgehead atoms. The smallest absolute Gasteiger partial charge is 0.131 e. The molecular weight excluding hydrogens is 212 g/mol. The van der Waals surface area contributed by atoms with Gasteiger partial charge in [-0.15, -0.1) is 0 Å². The molecule has 0 amide bonds. The van der Waals surface area contributed by atoms with Gasteiger partial charge in [-0.3, -0.25) is 4.98 Å². The fourth-order valence-corrected chi connectivity index (χ4v) is 1.67. The van der Waals surface area contributed by atoms with Gasteiger partial charge in [0.25, 0.3) is 0 Å². The monoisotopic (exact) mass is 230 g/mol. The molecular formula is C13H18N4. The zero-order valence-corrected chi connectivity index (χ0v) is 10.8. The molecule has 0 aliphatic heterocycles. The van der Waals surface area contributed by atoms with Crippen LogP contribution < -0.4 is 0 Å². The van der Waals surface area contributed by atoms with E-state index >= 15 is 0 Å². The Hall–Kier alpha value is -1.71. The average Bonchev–Trinajstić information content (AvgIpc) is 2.75. The molecule has 0 aliphatic rings. The van der Waals surface area contributed by atoms with E-state index in [1.54, 1.807) is 18.0 Å². The van der Waals surface area contributed by atoms with Crippen molar-refractivity contribution in [3.63, 3.8) is 0 Å². The molecule has 0 saturated heterocycles. The highest BCUT2D eigenvalue weighted by molar-refractivity contribution is 5.52. The number of nitrogens with zero attached hydrogens (tertiary/aromatic N) is 4. The summed E-state index contributed by atoms with van der Waals surface area (Å²) in [6.45, 7) is 6.67. The summed E-state index contributed by atoms with van der Waals surface area (Å²) in [7, 11) is 1.80. The highest BCUT2D eigenvalue weighted by Gasteiger charge is 2.11. The SMILES string of the molecule is CC(C)C(C)c1ccc(-c2cnn(C)n2)nc1. The van der Waals surface area contributed by atoms with Gasteiger partial charge < -0.3 is 0 Å². The van der Waals surface area contributed by atoms with Gasteiger partial charge in [-0.05, 0) is 23.5 Å². The largest absolute Gasteiger partial charge is 0.254 e. The third-order valence-electron chi connectivity index (χ3n) is 3.17. The van der Waals surface area contributed by atoms with Crippen LogP contribution in [0.5, 0.6) is 0 Å². The van der Waals surface area contributed by atoms with Crippen LogP contribution in [0.2, 0.25) is 0 Å². The van der Waals surface area contributed by atoms with E-state index in [1.807, 2.05) is 12.3 Å². The number of aromatic nitrogens is 4. The zero-order chi connectivity index (χ0) is 12.4. The lowest BCUT2D eigenvalue weighted by atomic mass is 9.91. The first-order valence-electron chi connectivity index (χ1n) is 5.90. The van der Waals surface area contributed by atoms with Crippen molar-refractivity contribution >= 4 is 0 Å². The highest BCUT2D eigenvalue weighted by atomic mass is 15.4. The first-order chi connectivity index (χ1) is 8.08. The Bertz CT molecular complexity index is 484. The summed E-state index contributed by atoms with van der Waals surface area (Å²) in [5.74, 6) is 1.15. The van der Waals surface area contributed by atoms with E-state index in [-0.39, 0.29) is 0 Å². The lowest BCUT2D eigenvalue weighted by Crippen LogP contribution is -2.02. The lowest BCUT2D eigenvalue weighted by Gasteiger charge is -2.15. The summed E-state index contributed by atoms with van der Waals surface area (Å²) in [6.07, 6.45) is 3.67. The van der Waals surface area contributed by atoms with Crippen molar-refractivity contribution in [2.24, 2.45) is 13.0 Å². The molecule has 2 aromatic rings. The summed E-state index contributed by atoms with van der Waals surface area (Å²) >= 11 is 0. The fourth-order valence-electron chi connectivity index (χ4n) is 1.67. The number of aryl methyl sites for hydroxylation is 1. The summed E-state index contributed by atoms with van der Waals surface area (Å²) < 4.78 is 0. The molecule has 0 spiro atoms. The molecule has 90 valence electrons. The van der Waals surface area contributed by atoms with E-state index in [0.717, 1.165) is 11.4 Å². The van der Waals surface area contributed by atoms with Crippen LogP contribution in [0, 0.1) is 5.92 Å². The van der Waals surface area contributed by atoms with Gasteiger partial charge in [0.05, 0.1) is 11.9 Å². The summed E-state index contributed by atoms with van der Waals surface area (Å²) in [6, 6.07) is 4.14. The van der Waals surface area contributed by atoms with Gasteiger partial charge in [0.2, 0.25) is 0 Å². The van der Waals surface area contributed by atoms with Gasteiger partial charge in [-0.25, -0.2) is 0 Å². The van der Waals surface area contributed by atoms with Gasteiger partial charge in [-0.2, -0.15) is 15.0 Å². The van der Waals surface area contributed by atoms with Crippen molar-refractivity contribution in [3.05, 3.63) is 30.1 Å². The standard InChI is InChI=1S/C13H18N4/c1-9(2)10(3)11-5-6-12(14-7-11)13-8-15-17(4)16-13/h5-10H,1-4H3. The predicted octanol–water partition coefficient (Wildman–Crippen LogP) is 2.64. The Kier molecular flexibility index (Phi) is 3.22. The molecule has 4 heteroatoms. The quantitative estimate of drug-likeness (QED) is 0.814. The molecule has 0 saturated carbocycles. The van der Waals surface area contributed by atoms with Crippen LogP contribution in [0.3, 0.4) is 0 Å².